The molecular formula is C19H25BrN2O4S2. The van der Waals surface area contributed by atoms with E-state index in [0.717, 1.165) is 11.8 Å². The van der Waals surface area contributed by atoms with Gasteiger partial charge in [0, 0.05) is 28.8 Å². The number of hydrogen-bond acceptors (Lipinski definition) is 5. The minimum Gasteiger partial charge on any atom is -0.481 e. The van der Waals surface area contributed by atoms with Gasteiger partial charge in [-0.05, 0) is 45.0 Å². The minimum absolute atomic E-state index is 0.0976. The van der Waals surface area contributed by atoms with Gasteiger partial charge in [0.2, 0.25) is 15.9 Å². The van der Waals surface area contributed by atoms with Crippen molar-refractivity contribution in [2.24, 2.45) is 5.73 Å². The maximum Gasteiger partial charge on any atom is 0.244 e. The maximum atomic E-state index is 13.3. The van der Waals surface area contributed by atoms with Gasteiger partial charge >= 0.3 is 0 Å². The molecule has 1 fully saturated rings. The molecule has 2 rings (SSSR count). The van der Waals surface area contributed by atoms with Crippen molar-refractivity contribution >= 4 is 43.6 Å². The van der Waals surface area contributed by atoms with Gasteiger partial charge in [0.05, 0.1) is 4.90 Å². The van der Waals surface area contributed by atoms with Crippen molar-refractivity contribution in [1.29, 1.82) is 0 Å². The van der Waals surface area contributed by atoms with Crippen LogP contribution >= 0.6 is 27.7 Å². The predicted molar refractivity (Wildman–Crippen MR) is 116 cm³/mol. The first-order chi connectivity index (χ1) is 13.1. The van der Waals surface area contributed by atoms with Gasteiger partial charge in [-0.3, -0.25) is 4.79 Å². The summed E-state index contributed by atoms with van der Waals surface area (Å²) in [6.07, 6.45) is 0.740. The first-order valence-corrected chi connectivity index (χ1v) is 12.3. The molecule has 0 aliphatic carbocycles. The number of carbonyl (C=O) groups excluding carboxylic acids is 1. The quantitative estimate of drug-likeness (QED) is 0.490. The van der Waals surface area contributed by atoms with Crippen LogP contribution in [-0.2, 0) is 14.8 Å². The average Bonchev–Trinajstić information content (AvgIpc) is 2.63. The third-order valence-electron chi connectivity index (χ3n) is 4.98. The summed E-state index contributed by atoms with van der Waals surface area (Å²) in [4.78, 5) is 12.4. The number of alkyl halides is 1. The molecule has 9 heteroatoms. The summed E-state index contributed by atoms with van der Waals surface area (Å²) in [7, 11) is -3.90. The van der Waals surface area contributed by atoms with E-state index in [2.05, 4.69) is 27.8 Å². The van der Waals surface area contributed by atoms with Crippen molar-refractivity contribution in [1.82, 2.24) is 4.31 Å². The van der Waals surface area contributed by atoms with Gasteiger partial charge in [-0.1, -0.05) is 27.8 Å². The smallest absolute Gasteiger partial charge is 0.244 e. The van der Waals surface area contributed by atoms with E-state index in [1.807, 2.05) is 13.8 Å². The van der Waals surface area contributed by atoms with Crippen LogP contribution in [0.2, 0.25) is 0 Å². The third kappa shape index (κ3) is 4.51. The van der Waals surface area contributed by atoms with E-state index in [9.17, 15) is 13.2 Å². The Hall–Kier alpha value is -1.21. The highest BCUT2D eigenvalue weighted by atomic mass is 79.9. The van der Waals surface area contributed by atoms with Crippen molar-refractivity contribution in [3.63, 3.8) is 0 Å². The second-order valence-corrected chi connectivity index (χ2v) is 11.3. The molecule has 0 bridgehead atoms. The number of nitrogens with two attached hydrogens (primary N) is 1. The lowest BCUT2D eigenvalue weighted by Gasteiger charge is -2.51. The fourth-order valence-electron chi connectivity index (χ4n) is 2.97. The topological polar surface area (TPSA) is 89.7 Å². The normalized spacial score (nSPS) is 22.1. The average molecular weight is 489 g/mol. The summed E-state index contributed by atoms with van der Waals surface area (Å²) in [6.45, 7) is 5.74. The molecular weight excluding hydrogens is 464 g/mol. The molecule has 1 aliphatic heterocycles. The predicted octanol–water partition coefficient (Wildman–Crippen LogP) is 2.61. The Bertz CT molecular complexity index is 875. The van der Waals surface area contributed by atoms with Crippen LogP contribution in [0.1, 0.15) is 27.2 Å². The molecule has 1 heterocycles. The minimum atomic E-state index is -3.90. The third-order valence-corrected chi connectivity index (χ3v) is 8.87. The molecule has 2 N–H and O–H groups in total. The highest BCUT2D eigenvalue weighted by Gasteiger charge is 2.57. The molecule has 1 amide bonds. The second-order valence-electron chi connectivity index (χ2n) is 6.93. The van der Waals surface area contributed by atoms with Crippen LogP contribution in [0.3, 0.4) is 0 Å². The Kier molecular flexibility index (Phi) is 7.48. The van der Waals surface area contributed by atoms with Crippen LogP contribution in [-0.4, -0.2) is 53.2 Å². The number of thioether (sulfide) groups is 1. The van der Waals surface area contributed by atoms with Gasteiger partial charge in [-0.25, -0.2) is 8.42 Å². The van der Waals surface area contributed by atoms with Crippen LogP contribution in [0.25, 0.3) is 0 Å². The molecule has 28 heavy (non-hydrogen) atoms. The fraction of sp³-hybridized carbons (Fsp3) is 0.526. The molecule has 0 spiro atoms. The molecule has 1 aromatic rings. The van der Waals surface area contributed by atoms with Crippen LogP contribution in [0.15, 0.2) is 29.2 Å². The zero-order chi connectivity index (χ0) is 21.0. The van der Waals surface area contributed by atoms with Crippen molar-refractivity contribution in [3.05, 3.63) is 24.3 Å². The first kappa shape index (κ1) is 23.1. The lowest BCUT2D eigenvalue weighted by Crippen LogP contribution is -2.69. The Morgan fingerprint density at radius 2 is 1.93 bits per heavy atom. The van der Waals surface area contributed by atoms with E-state index in [4.69, 9.17) is 10.5 Å². The molecule has 1 unspecified atom stereocenters. The number of halogens is 1. The van der Waals surface area contributed by atoms with Gasteiger partial charge in [-0.2, -0.15) is 16.1 Å². The highest BCUT2D eigenvalue weighted by molar-refractivity contribution is 9.09. The Morgan fingerprint density at radius 3 is 2.50 bits per heavy atom. The zero-order valence-corrected chi connectivity index (χ0v) is 19.4. The number of benzene rings is 1. The maximum absolute atomic E-state index is 13.3. The number of nitrogens with zero attached hydrogens (tertiary/aromatic N) is 1. The van der Waals surface area contributed by atoms with Crippen LogP contribution in [0, 0.1) is 11.8 Å². The lowest BCUT2D eigenvalue weighted by atomic mass is 9.86. The van der Waals surface area contributed by atoms with Gasteiger partial charge in [0.15, 0.2) is 0 Å². The van der Waals surface area contributed by atoms with Crippen LogP contribution in [0.4, 0.5) is 0 Å². The van der Waals surface area contributed by atoms with Crippen LogP contribution in [0.5, 0.6) is 5.75 Å². The molecule has 0 aromatic heterocycles. The number of hydrogen-bond donors (Lipinski definition) is 1. The number of carbonyl (C=O) groups is 1. The molecule has 0 saturated carbocycles. The summed E-state index contributed by atoms with van der Waals surface area (Å²) >= 11 is 4.84. The summed E-state index contributed by atoms with van der Waals surface area (Å²) in [5.74, 6) is 6.28. The largest absolute Gasteiger partial charge is 0.481 e. The summed E-state index contributed by atoms with van der Waals surface area (Å²) in [5.41, 5.74) is 4.32. The van der Waals surface area contributed by atoms with Crippen molar-refractivity contribution in [3.8, 4) is 17.6 Å². The van der Waals surface area contributed by atoms with Gasteiger partial charge in [-0.15, -0.1) is 0 Å². The number of sulfonamides is 1. The SMILES string of the molecule is CC1(C)SCCN(S(=O)(=O)c2ccc(OCC#CCCBr)cc2)C1(C)C(N)=O. The van der Waals surface area contributed by atoms with E-state index in [1.54, 1.807) is 30.8 Å². The fourth-order valence-corrected chi connectivity index (χ4v) is 6.48. The number of amides is 1. The van der Waals surface area contributed by atoms with Crippen molar-refractivity contribution < 1.29 is 17.9 Å². The standard InChI is InChI=1S/C19H25BrN2O4S2/c1-18(2)19(3,17(21)23)22(12-14-27-18)28(24,25)16-9-7-15(8-10-16)26-13-6-4-5-11-20/h7-10H,5,11-14H2,1-3H3,(H2,21,23). The molecule has 6 nitrogen and oxygen atoms in total. The van der Waals surface area contributed by atoms with Gasteiger partial charge in [0.1, 0.15) is 17.9 Å². The van der Waals surface area contributed by atoms with E-state index in [-0.39, 0.29) is 18.0 Å². The molecule has 0 radical (unpaired) electrons. The second kappa shape index (κ2) is 9.08. The zero-order valence-electron chi connectivity index (χ0n) is 16.2. The van der Waals surface area contributed by atoms with E-state index >= 15 is 0 Å². The summed E-state index contributed by atoms with van der Waals surface area (Å²) < 4.78 is 32.6. The highest BCUT2D eigenvalue weighted by Crippen LogP contribution is 2.45. The van der Waals surface area contributed by atoms with E-state index in [0.29, 0.717) is 11.5 Å². The van der Waals surface area contributed by atoms with Gasteiger partial charge in [0.25, 0.3) is 0 Å². The number of primary amides is 1. The van der Waals surface area contributed by atoms with Crippen LogP contribution < -0.4 is 10.5 Å². The Morgan fingerprint density at radius 1 is 1.29 bits per heavy atom. The number of rotatable bonds is 6. The molecule has 1 atom stereocenters. The molecule has 1 saturated heterocycles. The molecule has 154 valence electrons. The van der Waals surface area contributed by atoms with Crippen molar-refractivity contribution in [2.75, 3.05) is 24.2 Å². The molecule has 1 aromatic carbocycles. The first-order valence-electron chi connectivity index (χ1n) is 8.78. The molecule has 1 aliphatic rings. The lowest BCUT2D eigenvalue weighted by molar-refractivity contribution is -0.128. The Balaban J connectivity index is 2.26. The van der Waals surface area contributed by atoms with E-state index in [1.165, 1.54) is 16.4 Å². The monoisotopic (exact) mass is 488 g/mol. The van der Waals surface area contributed by atoms with E-state index < -0.39 is 26.2 Å². The summed E-state index contributed by atoms with van der Waals surface area (Å²) in [6, 6.07) is 6.13. The van der Waals surface area contributed by atoms with Gasteiger partial charge < -0.3 is 10.5 Å². The number of ether oxygens (including phenoxy) is 1. The van der Waals surface area contributed by atoms with Crippen molar-refractivity contribution in [2.45, 2.75) is 42.4 Å². The summed E-state index contributed by atoms with van der Waals surface area (Å²) in [5, 5.41) is 0.808. The Labute approximate surface area is 179 Å².